The van der Waals surface area contributed by atoms with Crippen molar-refractivity contribution in [1.82, 2.24) is 10.9 Å². The largest absolute Gasteiger partial charge is 0.272 e. The molecule has 0 saturated heterocycles. The molecule has 0 spiro atoms. The first-order chi connectivity index (χ1) is 11.4. The maximum Gasteiger partial charge on any atom is 0.269 e. The Morgan fingerprint density at radius 1 is 1.08 bits per heavy atom. The highest BCUT2D eigenvalue weighted by atomic mass is 32.2. The van der Waals surface area contributed by atoms with Gasteiger partial charge in [0.15, 0.2) is 0 Å². The van der Waals surface area contributed by atoms with Gasteiger partial charge in [0, 0.05) is 16.2 Å². The van der Waals surface area contributed by atoms with Crippen molar-refractivity contribution < 1.29 is 9.59 Å². The van der Waals surface area contributed by atoms with Gasteiger partial charge in [-0.3, -0.25) is 20.4 Å². The highest BCUT2D eigenvalue weighted by Crippen LogP contribution is 2.22. The molecule has 4 nitrogen and oxygen atoms in total. The van der Waals surface area contributed by atoms with E-state index in [2.05, 4.69) is 31.6 Å². The van der Waals surface area contributed by atoms with Crippen molar-refractivity contribution in [3.8, 4) is 0 Å². The zero-order chi connectivity index (χ0) is 17.6. The van der Waals surface area contributed by atoms with Crippen LogP contribution in [0.1, 0.15) is 41.6 Å². The Morgan fingerprint density at radius 3 is 2.38 bits per heavy atom. The third-order valence-electron chi connectivity index (χ3n) is 3.39. The second kappa shape index (κ2) is 8.35. The fraction of sp³-hybridized carbons (Fsp3) is 0.333. The van der Waals surface area contributed by atoms with Crippen molar-refractivity contribution in [3.05, 3.63) is 57.8 Å². The SMILES string of the molecule is CC(C)(C)c1ccc(C(=O)NNC(=O)CSCc2cccs2)cc1. The number of thioether (sulfide) groups is 1. The Labute approximate surface area is 151 Å². The molecule has 24 heavy (non-hydrogen) atoms. The summed E-state index contributed by atoms with van der Waals surface area (Å²) in [5.41, 5.74) is 6.63. The van der Waals surface area contributed by atoms with Crippen LogP contribution in [-0.2, 0) is 16.0 Å². The van der Waals surface area contributed by atoms with Gasteiger partial charge in [-0.15, -0.1) is 23.1 Å². The lowest BCUT2D eigenvalue weighted by atomic mass is 9.87. The van der Waals surface area contributed by atoms with E-state index in [0.717, 1.165) is 11.3 Å². The predicted molar refractivity (Wildman–Crippen MR) is 101 cm³/mol. The van der Waals surface area contributed by atoms with E-state index in [-0.39, 0.29) is 17.2 Å². The highest BCUT2D eigenvalue weighted by Gasteiger charge is 2.14. The second-order valence-corrected chi connectivity index (χ2v) is 8.42. The molecule has 0 atom stereocenters. The average Bonchev–Trinajstić information content (AvgIpc) is 3.05. The van der Waals surface area contributed by atoms with Crippen LogP contribution in [0.15, 0.2) is 41.8 Å². The van der Waals surface area contributed by atoms with E-state index in [1.165, 1.54) is 16.6 Å². The Kier molecular flexibility index (Phi) is 6.45. The lowest BCUT2D eigenvalue weighted by molar-refractivity contribution is -0.119. The number of nitrogens with one attached hydrogen (secondary N) is 2. The average molecular weight is 363 g/mol. The second-order valence-electron chi connectivity index (χ2n) is 6.40. The molecule has 0 aliphatic heterocycles. The van der Waals surface area contributed by atoms with Crippen molar-refractivity contribution in [2.45, 2.75) is 31.9 Å². The van der Waals surface area contributed by atoms with E-state index in [1.54, 1.807) is 23.5 Å². The molecule has 0 fully saturated rings. The van der Waals surface area contributed by atoms with E-state index >= 15 is 0 Å². The molecule has 0 unspecified atom stereocenters. The third kappa shape index (κ3) is 5.69. The van der Waals surface area contributed by atoms with Gasteiger partial charge in [0.05, 0.1) is 5.75 Å². The van der Waals surface area contributed by atoms with Gasteiger partial charge < -0.3 is 0 Å². The van der Waals surface area contributed by atoms with Gasteiger partial charge in [-0.2, -0.15) is 0 Å². The van der Waals surface area contributed by atoms with E-state index in [9.17, 15) is 9.59 Å². The lowest BCUT2D eigenvalue weighted by Crippen LogP contribution is -2.42. The lowest BCUT2D eigenvalue weighted by Gasteiger charge is -2.19. The fourth-order valence-corrected chi connectivity index (χ4v) is 3.66. The van der Waals surface area contributed by atoms with Crippen LogP contribution in [0.2, 0.25) is 0 Å². The Balaban J connectivity index is 1.74. The van der Waals surface area contributed by atoms with Gasteiger partial charge in [0.1, 0.15) is 0 Å². The summed E-state index contributed by atoms with van der Waals surface area (Å²) in [5, 5.41) is 2.02. The zero-order valence-electron chi connectivity index (χ0n) is 14.1. The molecule has 1 aromatic carbocycles. The van der Waals surface area contributed by atoms with Gasteiger partial charge in [-0.05, 0) is 34.6 Å². The molecule has 0 saturated carbocycles. The van der Waals surface area contributed by atoms with Crippen molar-refractivity contribution in [2.24, 2.45) is 0 Å². The number of carbonyl (C=O) groups is 2. The summed E-state index contributed by atoms with van der Waals surface area (Å²) in [4.78, 5) is 25.0. The highest BCUT2D eigenvalue weighted by molar-refractivity contribution is 7.99. The fourth-order valence-electron chi connectivity index (χ4n) is 2.00. The van der Waals surface area contributed by atoms with Gasteiger partial charge in [-0.25, -0.2) is 0 Å². The van der Waals surface area contributed by atoms with Gasteiger partial charge >= 0.3 is 0 Å². The Morgan fingerprint density at radius 2 is 1.79 bits per heavy atom. The van der Waals surface area contributed by atoms with Gasteiger partial charge in [0.2, 0.25) is 5.91 Å². The molecule has 1 heterocycles. The number of benzene rings is 1. The van der Waals surface area contributed by atoms with Crippen molar-refractivity contribution in [2.75, 3.05) is 5.75 Å². The van der Waals surface area contributed by atoms with Crippen molar-refractivity contribution in [1.29, 1.82) is 0 Å². The topological polar surface area (TPSA) is 58.2 Å². The predicted octanol–water partition coefficient (Wildman–Crippen LogP) is 3.74. The number of carbonyl (C=O) groups excluding carboxylic acids is 2. The molecule has 0 radical (unpaired) electrons. The summed E-state index contributed by atoms with van der Waals surface area (Å²) in [7, 11) is 0. The summed E-state index contributed by atoms with van der Waals surface area (Å²) in [5.74, 6) is 0.581. The molecular weight excluding hydrogens is 340 g/mol. The molecule has 0 aliphatic rings. The molecular formula is C18H22N2O2S2. The smallest absolute Gasteiger partial charge is 0.269 e. The third-order valence-corrected chi connectivity index (χ3v) is 5.43. The zero-order valence-corrected chi connectivity index (χ0v) is 15.7. The minimum absolute atomic E-state index is 0.0447. The number of hydrogen-bond acceptors (Lipinski definition) is 4. The first-order valence-corrected chi connectivity index (χ1v) is 9.69. The van der Waals surface area contributed by atoms with Crippen molar-refractivity contribution in [3.63, 3.8) is 0 Å². The number of thiophene rings is 1. The van der Waals surface area contributed by atoms with Crippen LogP contribution in [0.5, 0.6) is 0 Å². The van der Waals surface area contributed by atoms with Crippen LogP contribution in [0.25, 0.3) is 0 Å². The summed E-state index contributed by atoms with van der Waals surface area (Å²) in [6.45, 7) is 6.36. The molecule has 2 rings (SSSR count). The van der Waals surface area contributed by atoms with Crippen LogP contribution in [0.3, 0.4) is 0 Å². The molecule has 2 N–H and O–H groups in total. The van der Waals surface area contributed by atoms with Gasteiger partial charge in [0.25, 0.3) is 5.91 Å². The molecule has 2 amide bonds. The summed E-state index contributed by atoms with van der Waals surface area (Å²) < 4.78 is 0. The molecule has 128 valence electrons. The van der Waals surface area contributed by atoms with Crippen LogP contribution in [0, 0.1) is 0 Å². The van der Waals surface area contributed by atoms with Crippen molar-refractivity contribution >= 4 is 34.9 Å². The summed E-state index contributed by atoms with van der Waals surface area (Å²) in [6, 6.07) is 11.5. The first kappa shape index (κ1) is 18.5. The van der Waals surface area contributed by atoms with E-state index in [0.29, 0.717) is 11.3 Å². The Bertz CT molecular complexity index is 674. The number of hydrazine groups is 1. The molecule has 1 aromatic heterocycles. The molecule has 6 heteroatoms. The maximum atomic E-state index is 12.0. The first-order valence-electron chi connectivity index (χ1n) is 7.66. The molecule has 2 aromatic rings. The Hall–Kier alpha value is -1.79. The maximum absolute atomic E-state index is 12.0. The number of hydrogen-bond donors (Lipinski definition) is 2. The van der Waals surface area contributed by atoms with Crippen LogP contribution in [0.4, 0.5) is 0 Å². The quantitative estimate of drug-likeness (QED) is 0.797. The van der Waals surface area contributed by atoms with E-state index in [4.69, 9.17) is 0 Å². The van der Waals surface area contributed by atoms with E-state index in [1.807, 2.05) is 29.6 Å². The normalized spacial score (nSPS) is 11.1. The number of amides is 2. The van der Waals surface area contributed by atoms with Crippen LogP contribution in [-0.4, -0.2) is 17.6 Å². The molecule has 0 bridgehead atoms. The monoisotopic (exact) mass is 362 g/mol. The summed E-state index contributed by atoms with van der Waals surface area (Å²) in [6.07, 6.45) is 0. The summed E-state index contributed by atoms with van der Waals surface area (Å²) >= 11 is 3.19. The van der Waals surface area contributed by atoms with Crippen LogP contribution < -0.4 is 10.9 Å². The van der Waals surface area contributed by atoms with E-state index < -0.39 is 0 Å². The minimum atomic E-state index is -0.313. The van der Waals surface area contributed by atoms with Crippen LogP contribution >= 0.6 is 23.1 Å². The molecule has 0 aliphatic carbocycles. The standard InChI is InChI=1S/C18H22N2O2S2/c1-18(2,3)14-8-6-13(7-9-14)17(22)20-19-16(21)12-23-11-15-5-4-10-24-15/h4-10H,11-12H2,1-3H3,(H,19,21)(H,20,22). The number of rotatable bonds is 5. The minimum Gasteiger partial charge on any atom is -0.272 e. The van der Waals surface area contributed by atoms with Gasteiger partial charge in [-0.1, -0.05) is 39.0 Å².